The molecule has 3 rings (SSSR count). The van der Waals surface area contributed by atoms with E-state index in [1.807, 2.05) is 48.7 Å². The number of nitrogens with zero attached hydrogens (tertiary/aromatic N) is 1. The summed E-state index contributed by atoms with van der Waals surface area (Å²) in [5.74, 6) is 0.467. The maximum atomic E-state index is 12.9. The van der Waals surface area contributed by atoms with Gasteiger partial charge in [0.2, 0.25) is 0 Å². The summed E-state index contributed by atoms with van der Waals surface area (Å²) in [6, 6.07) is 14.2. The number of aromatic nitrogens is 1. The van der Waals surface area contributed by atoms with Crippen LogP contribution in [0.2, 0.25) is 0 Å². The average Bonchev–Trinajstić information content (AvgIpc) is 3.26. The van der Waals surface area contributed by atoms with Crippen molar-refractivity contribution in [3.05, 3.63) is 70.7 Å². The number of hydrogen-bond acceptors (Lipinski definition) is 5. The van der Waals surface area contributed by atoms with E-state index in [0.717, 1.165) is 21.7 Å². The molecule has 0 radical (unpaired) electrons. The molecule has 1 heterocycles. The fraction of sp³-hybridized carbons (Fsp3) is 0.304. The molecule has 0 fully saturated rings. The van der Waals surface area contributed by atoms with Gasteiger partial charge in [0.05, 0.1) is 12.2 Å². The number of nitrogens with one attached hydrogen (secondary N) is 2. The first-order valence-electron chi connectivity index (χ1n) is 9.83. The van der Waals surface area contributed by atoms with Crippen molar-refractivity contribution in [2.45, 2.75) is 39.9 Å². The lowest BCUT2D eigenvalue weighted by Crippen LogP contribution is -2.25. The molecule has 0 saturated heterocycles. The van der Waals surface area contributed by atoms with Crippen LogP contribution in [0.15, 0.2) is 54.0 Å². The second-order valence-electron chi connectivity index (χ2n) is 7.02. The number of benzene rings is 2. The molecule has 6 heteroatoms. The highest BCUT2D eigenvalue weighted by Gasteiger charge is 2.14. The normalized spacial score (nSPS) is 10.9. The van der Waals surface area contributed by atoms with E-state index in [-0.39, 0.29) is 5.91 Å². The molecule has 0 aliphatic rings. The standard InChI is InChI=1S/C23H27N3O2S/c1-4-28-21-9-8-18(14-25-16(2)3)13-20(21)22(27)26-15-17-6-5-7-19(12-17)23-24-10-11-29-23/h5-13,16,25H,4,14-15H2,1-3H3,(H,26,27). The molecule has 3 aromatic rings. The first kappa shape index (κ1) is 21.0. The highest BCUT2D eigenvalue weighted by atomic mass is 32.1. The molecular formula is C23H27N3O2S. The van der Waals surface area contributed by atoms with E-state index in [9.17, 15) is 4.79 Å². The van der Waals surface area contributed by atoms with Gasteiger partial charge in [-0.15, -0.1) is 11.3 Å². The average molecular weight is 410 g/mol. The molecule has 0 aliphatic heterocycles. The first-order chi connectivity index (χ1) is 14.1. The van der Waals surface area contributed by atoms with Gasteiger partial charge in [-0.2, -0.15) is 0 Å². The van der Waals surface area contributed by atoms with Crippen molar-refractivity contribution in [3.63, 3.8) is 0 Å². The maximum absolute atomic E-state index is 12.9. The Bertz CT molecular complexity index is 939. The van der Waals surface area contributed by atoms with Crippen LogP contribution in [0.5, 0.6) is 5.75 Å². The third-order valence-corrected chi connectivity index (χ3v) is 5.18. The minimum Gasteiger partial charge on any atom is -0.493 e. The van der Waals surface area contributed by atoms with Crippen molar-refractivity contribution in [1.82, 2.24) is 15.6 Å². The second kappa shape index (κ2) is 10.2. The Morgan fingerprint density at radius 1 is 1.14 bits per heavy atom. The summed E-state index contributed by atoms with van der Waals surface area (Å²) < 4.78 is 5.67. The van der Waals surface area contributed by atoms with E-state index in [4.69, 9.17) is 4.74 Å². The van der Waals surface area contributed by atoms with Crippen molar-refractivity contribution >= 4 is 17.2 Å². The number of carbonyl (C=O) groups is 1. The zero-order valence-corrected chi connectivity index (χ0v) is 17.9. The summed E-state index contributed by atoms with van der Waals surface area (Å²) in [5, 5.41) is 9.33. The number of hydrogen-bond donors (Lipinski definition) is 2. The molecule has 5 nitrogen and oxygen atoms in total. The van der Waals surface area contributed by atoms with Crippen molar-refractivity contribution in [2.75, 3.05) is 6.61 Å². The largest absolute Gasteiger partial charge is 0.493 e. The van der Waals surface area contributed by atoms with Crippen molar-refractivity contribution in [2.24, 2.45) is 0 Å². The smallest absolute Gasteiger partial charge is 0.255 e. The van der Waals surface area contributed by atoms with Crippen molar-refractivity contribution in [3.8, 4) is 16.3 Å². The summed E-state index contributed by atoms with van der Waals surface area (Å²) in [6.07, 6.45) is 1.80. The van der Waals surface area contributed by atoms with E-state index in [1.54, 1.807) is 17.5 Å². The van der Waals surface area contributed by atoms with Gasteiger partial charge in [0.25, 0.3) is 5.91 Å². The van der Waals surface area contributed by atoms with Gasteiger partial charge < -0.3 is 15.4 Å². The van der Waals surface area contributed by atoms with Gasteiger partial charge in [0, 0.05) is 36.3 Å². The molecule has 1 aromatic heterocycles. The SMILES string of the molecule is CCOc1ccc(CNC(C)C)cc1C(=O)NCc1cccc(-c2nccs2)c1. The Morgan fingerprint density at radius 2 is 1.97 bits per heavy atom. The fourth-order valence-electron chi connectivity index (χ4n) is 2.93. The van der Waals surface area contributed by atoms with Crippen molar-refractivity contribution in [1.29, 1.82) is 0 Å². The molecule has 2 aromatic carbocycles. The van der Waals surface area contributed by atoms with Gasteiger partial charge in [-0.3, -0.25) is 4.79 Å². The lowest BCUT2D eigenvalue weighted by atomic mass is 10.1. The van der Waals surface area contributed by atoms with E-state index in [1.165, 1.54) is 0 Å². The number of ether oxygens (including phenoxy) is 1. The van der Waals surface area contributed by atoms with Crippen LogP contribution in [0.25, 0.3) is 10.6 Å². The minimum absolute atomic E-state index is 0.139. The van der Waals surface area contributed by atoms with Gasteiger partial charge in [-0.25, -0.2) is 4.98 Å². The number of carbonyl (C=O) groups excluding carboxylic acids is 1. The summed E-state index contributed by atoms with van der Waals surface area (Å²) in [5.41, 5.74) is 3.70. The van der Waals surface area contributed by atoms with E-state index < -0.39 is 0 Å². The van der Waals surface area contributed by atoms with Gasteiger partial charge in [0.1, 0.15) is 10.8 Å². The number of thiazole rings is 1. The summed E-state index contributed by atoms with van der Waals surface area (Å²) >= 11 is 1.60. The second-order valence-corrected chi connectivity index (χ2v) is 7.91. The molecule has 0 atom stereocenters. The van der Waals surface area contributed by atoms with E-state index in [0.29, 0.717) is 37.1 Å². The van der Waals surface area contributed by atoms with Crippen LogP contribution >= 0.6 is 11.3 Å². The molecular weight excluding hydrogens is 382 g/mol. The van der Waals surface area contributed by atoms with Crippen molar-refractivity contribution < 1.29 is 9.53 Å². The van der Waals surface area contributed by atoms with Gasteiger partial charge >= 0.3 is 0 Å². The Balaban J connectivity index is 1.72. The van der Waals surface area contributed by atoms with Crippen LogP contribution in [-0.4, -0.2) is 23.5 Å². The molecule has 0 bridgehead atoms. The molecule has 2 N–H and O–H groups in total. The molecule has 0 unspecified atom stereocenters. The van der Waals surface area contributed by atoms with E-state index in [2.05, 4.69) is 35.5 Å². The predicted molar refractivity (Wildman–Crippen MR) is 118 cm³/mol. The first-order valence-corrected chi connectivity index (χ1v) is 10.7. The molecule has 0 aliphatic carbocycles. The zero-order valence-electron chi connectivity index (χ0n) is 17.1. The van der Waals surface area contributed by atoms with Crippen LogP contribution in [0.1, 0.15) is 42.3 Å². The minimum atomic E-state index is -0.139. The Kier molecular flexibility index (Phi) is 7.38. The lowest BCUT2D eigenvalue weighted by Gasteiger charge is -2.14. The Labute approximate surface area is 176 Å². The lowest BCUT2D eigenvalue weighted by molar-refractivity contribution is 0.0947. The zero-order chi connectivity index (χ0) is 20.6. The summed E-state index contributed by atoms with van der Waals surface area (Å²) in [4.78, 5) is 17.2. The Hall–Kier alpha value is -2.70. The molecule has 29 heavy (non-hydrogen) atoms. The monoisotopic (exact) mass is 409 g/mol. The highest BCUT2D eigenvalue weighted by molar-refractivity contribution is 7.13. The van der Waals surface area contributed by atoms with Crippen LogP contribution < -0.4 is 15.4 Å². The molecule has 1 amide bonds. The predicted octanol–water partition coefficient (Wildman–Crippen LogP) is 4.64. The molecule has 152 valence electrons. The van der Waals surface area contributed by atoms with E-state index >= 15 is 0 Å². The van der Waals surface area contributed by atoms with Crippen LogP contribution in [0, 0.1) is 0 Å². The number of amides is 1. The Morgan fingerprint density at radius 3 is 2.69 bits per heavy atom. The topological polar surface area (TPSA) is 63.2 Å². The maximum Gasteiger partial charge on any atom is 0.255 e. The van der Waals surface area contributed by atoms with Crippen LogP contribution in [0.4, 0.5) is 0 Å². The summed E-state index contributed by atoms with van der Waals surface area (Å²) in [7, 11) is 0. The van der Waals surface area contributed by atoms with Gasteiger partial charge in [0.15, 0.2) is 0 Å². The van der Waals surface area contributed by atoms with Gasteiger partial charge in [-0.1, -0.05) is 38.1 Å². The molecule has 0 saturated carbocycles. The van der Waals surface area contributed by atoms with Gasteiger partial charge in [-0.05, 0) is 36.2 Å². The van der Waals surface area contributed by atoms with Crippen LogP contribution in [-0.2, 0) is 13.1 Å². The molecule has 0 spiro atoms. The third-order valence-electron chi connectivity index (χ3n) is 4.36. The summed E-state index contributed by atoms with van der Waals surface area (Å²) in [6.45, 7) is 7.78. The third kappa shape index (κ3) is 5.89. The quantitative estimate of drug-likeness (QED) is 0.541. The fourth-order valence-corrected chi connectivity index (χ4v) is 3.56. The highest BCUT2D eigenvalue weighted by Crippen LogP contribution is 2.23. The van der Waals surface area contributed by atoms with Crippen LogP contribution in [0.3, 0.4) is 0 Å². The number of rotatable bonds is 9.